The number of aryl methyl sites for hydroxylation is 1. The lowest BCUT2D eigenvalue weighted by Crippen LogP contribution is -2.15. The molecule has 0 spiro atoms. The lowest BCUT2D eigenvalue weighted by molar-refractivity contribution is 1.23. The minimum atomic E-state index is 0.343. The molecule has 0 aliphatic heterocycles. The quantitative estimate of drug-likeness (QED) is 0.253. The Balaban J connectivity index is 1.89. The molecule has 0 aliphatic carbocycles. The Morgan fingerprint density at radius 1 is 0.826 bits per heavy atom. The summed E-state index contributed by atoms with van der Waals surface area (Å²) in [5, 5.41) is 5.81. The number of fused-ring (bicyclic) bond motifs is 1. The zero-order valence-corrected chi connectivity index (χ0v) is 13.0. The maximum Gasteiger partial charge on any atom is 0.150 e. The molecule has 0 bridgehead atoms. The Hall–Kier alpha value is -3.07. The topological polar surface area (TPSA) is 64.4 Å². The van der Waals surface area contributed by atoms with E-state index in [-0.39, 0.29) is 0 Å². The summed E-state index contributed by atoms with van der Waals surface area (Å²) in [7, 11) is 0. The summed E-state index contributed by atoms with van der Waals surface area (Å²) in [5.74, 6) is 5.57. The molecule has 0 atom stereocenters. The van der Waals surface area contributed by atoms with Crippen LogP contribution < -0.4 is 11.6 Å². The SMILES string of the molecule is Cc1ccc(/C=C/c2ccc3cc(/C(N)=N\N)ccc3c2)cc1. The number of hydrogen-bond acceptors (Lipinski definition) is 2. The molecular weight excluding hydrogens is 282 g/mol. The minimum absolute atomic E-state index is 0.343. The Kier molecular flexibility index (Phi) is 4.11. The Bertz CT molecular complexity index is 890. The molecule has 0 radical (unpaired) electrons. The predicted molar refractivity (Wildman–Crippen MR) is 99.0 cm³/mol. The first kappa shape index (κ1) is 14.9. The number of hydrazone groups is 1. The average Bonchev–Trinajstić information content (AvgIpc) is 2.60. The van der Waals surface area contributed by atoms with E-state index in [2.05, 4.69) is 66.6 Å². The van der Waals surface area contributed by atoms with E-state index in [0.29, 0.717) is 5.84 Å². The molecule has 0 unspecified atom stereocenters. The standard InChI is InChI=1S/C20H19N3/c1-14-2-4-15(5-3-14)6-7-16-8-9-18-13-19(20(21)23-22)11-10-17(18)12-16/h2-13H,22H2,1H3,(H2,21,23)/b7-6+. The summed E-state index contributed by atoms with van der Waals surface area (Å²) < 4.78 is 0. The van der Waals surface area contributed by atoms with Crippen molar-refractivity contribution in [3.8, 4) is 0 Å². The van der Waals surface area contributed by atoms with Crippen LogP contribution in [0.1, 0.15) is 22.3 Å². The number of nitrogens with two attached hydrogens (primary N) is 2. The highest BCUT2D eigenvalue weighted by Gasteiger charge is 2.01. The van der Waals surface area contributed by atoms with Gasteiger partial charge in [-0.1, -0.05) is 66.2 Å². The average molecular weight is 301 g/mol. The van der Waals surface area contributed by atoms with Crippen molar-refractivity contribution >= 4 is 28.8 Å². The number of rotatable bonds is 3. The van der Waals surface area contributed by atoms with Crippen LogP contribution in [0, 0.1) is 6.92 Å². The summed E-state index contributed by atoms with van der Waals surface area (Å²) in [6.45, 7) is 2.09. The second kappa shape index (κ2) is 6.36. The molecule has 0 heterocycles. The first-order valence-electron chi connectivity index (χ1n) is 7.48. The van der Waals surface area contributed by atoms with Crippen LogP contribution in [0.25, 0.3) is 22.9 Å². The molecule has 3 heteroatoms. The summed E-state index contributed by atoms with van der Waals surface area (Å²) in [5.41, 5.74) is 10.2. The van der Waals surface area contributed by atoms with Crippen LogP contribution in [0.4, 0.5) is 0 Å². The van der Waals surface area contributed by atoms with Crippen LogP contribution >= 0.6 is 0 Å². The van der Waals surface area contributed by atoms with Crippen LogP contribution in [0.2, 0.25) is 0 Å². The van der Waals surface area contributed by atoms with Gasteiger partial charge in [0, 0.05) is 5.56 Å². The maximum atomic E-state index is 5.75. The van der Waals surface area contributed by atoms with Gasteiger partial charge in [0.1, 0.15) is 5.84 Å². The third-order valence-corrected chi connectivity index (χ3v) is 3.84. The zero-order chi connectivity index (χ0) is 16.2. The monoisotopic (exact) mass is 301 g/mol. The molecule has 23 heavy (non-hydrogen) atoms. The summed E-state index contributed by atoms with van der Waals surface area (Å²) in [6.07, 6.45) is 4.24. The molecule has 3 aromatic rings. The van der Waals surface area contributed by atoms with E-state index in [9.17, 15) is 0 Å². The smallest absolute Gasteiger partial charge is 0.150 e. The first-order valence-corrected chi connectivity index (χ1v) is 7.48. The fourth-order valence-corrected chi connectivity index (χ4v) is 2.47. The normalized spacial score (nSPS) is 12.1. The molecule has 3 aromatic carbocycles. The van der Waals surface area contributed by atoms with Gasteiger partial charge < -0.3 is 11.6 Å². The van der Waals surface area contributed by atoms with Gasteiger partial charge >= 0.3 is 0 Å². The Labute approximate surface area is 135 Å². The van der Waals surface area contributed by atoms with E-state index < -0.39 is 0 Å². The van der Waals surface area contributed by atoms with E-state index >= 15 is 0 Å². The van der Waals surface area contributed by atoms with Crippen molar-refractivity contribution in [3.05, 3.63) is 82.9 Å². The lowest BCUT2D eigenvalue weighted by Gasteiger charge is -2.04. The molecule has 0 saturated heterocycles. The Morgan fingerprint density at radius 2 is 1.43 bits per heavy atom. The molecule has 4 N–H and O–H groups in total. The van der Waals surface area contributed by atoms with Crippen LogP contribution in [0.3, 0.4) is 0 Å². The maximum absolute atomic E-state index is 5.75. The van der Waals surface area contributed by atoms with E-state index in [0.717, 1.165) is 21.9 Å². The van der Waals surface area contributed by atoms with Crippen LogP contribution in [0.5, 0.6) is 0 Å². The molecule has 114 valence electrons. The van der Waals surface area contributed by atoms with Gasteiger partial charge in [0.05, 0.1) is 0 Å². The first-order chi connectivity index (χ1) is 11.2. The highest BCUT2D eigenvalue weighted by molar-refractivity contribution is 6.01. The molecular formula is C20H19N3. The summed E-state index contributed by atoms with van der Waals surface area (Å²) >= 11 is 0. The highest BCUT2D eigenvalue weighted by Crippen LogP contribution is 2.19. The van der Waals surface area contributed by atoms with E-state index in [1.165, 1.54) is 11.1 Å². The van der Waals surface area contributed by atoms with Crippen LogP contribution in [0.15, 0.2) is 65.8 Å². The van der Waals surface area contributed by atoms with E-state index in [4.69, 9.17) is 11.6 Å². The number of nitrogens with zero attached hydrogens (tertiary/aromatic N) is 1. The van der Waals surface area contributed by atoms with Crippen molar-refractivity contribution in [1.29, 1.82) is 0 Å². The predicted octanol–water partition coefficient (Wildman–Crippen LogP) is 3.90. The largest absolute Gasteiger partial charge is 0.382 e. The third-order valence-electron chi connectivity index (χ3n) is 3.84. The number of benzene rings is 3. The fraction of sp³-hybridized carbons (Fsp3) is 0.0500. The van der Waals surface area contributed by atoms with E-state index in [1.807, 2.05) is 18.2 Å². The van der Waals surface area contributed by atoms with Crippen molar-refractivity contribution in [1.82, 2.24) is 0 Å². The minimum Gasteiger partial charge on any atom is -0.382 e. The van der Waals surface area contributed by atoms with Gasteiger partial charge in [-0.15, -0.1) is 0 Å². The van der Waals surface area contributed by atoms with Crippen LogP contribution in [-0.4, -0.2) is 5.84 Å². The highest BCUT2D eigenvalue weighted by atomic mass is 15.1. The van der Waals surface area contributed by atoms with Gasteiger partial charge in [0.25, 0.3) is 0 Å². The van der Waals surface area contributed by atoms with Crippen molar-refractivity contribution in [2.75, 3.05) is 0 Å². The Morgan fingerprint density at radius 3 is 2.17 bits per heavy atom. The third kappa shape index (κ3) is 3.40. The lowest BCUT2D eigenvalue weighted by atomic mass is 10.0. The van der Waals surface area contributed by atoms with Gasteiger partial charge in [-0.25, -0.2) is 0 Å². The molecule has 3 rings (SSSR count). The second-order valence-corrected chi connectivity index (χ2v) is 5.58. The molecule has 0 aromatic heterocycles. The van der Waals surface area contributed by atoms with Gasteiger partial charge in [0.15, 0.2) is 0 Å². The molecule has 0 amide bonds. The number of hydrogen-bond donors (Lipinski definition) is 2. The molecule has 0 fully saturated rings. The molecule has 3 nitrogen and oxygen atoms in total. The van der Waals surface area contributed by atoms with Gasteiger partial charge in [-0.3, -0.25) is 0 Å². The van der Waals surface area contributed by atoms with Crippen molar-refractivity contribution < 1.29 is 0 Å². The summed E-state index contributed by atoms with van der Waals surface area (Å²) in [4.78, 5) is 0. The molecule has 0 aliphatic rings. The van der Waals surface area contributed by atoms with Crippen molar-refractivity contribution in [3.63, 3.8) is 0 Å². The zero-order valence-electron chi connectivity index (χ0n) is 13.0. The van der Waals surface area contributed by atoms with Crippen molar-refractivity contribution in [2.45, 2.75) is 6.92 Å². The van der Waals surface area contributed by atoms with E-state index in [1.54, 1.807) is 0 Å². The molecule has 0 saturated carbocycles. The second-order valence-electron chi connectivity index (χ2n) is 5.58. The summed E-state index contributed by atoms with van der Waals surface area (Å²) in [6, 6.07) is 20.8. The van der Waals surface area contributed by atoms with Crippen LogP contribution in [-0.2, 0) is 0 Å². The number of amidine groups is 1. The van der Waals surface area contributed by atoms with Gasteiger partial charge in [0.2, 0.25) is 0 Å². The van der Waals surface area contributed by atoms with Crippen molar-refractivity contribution in [2.24, 2.45) is 16.7 Å². The van der Waals surface area contributed by atoms with Gasteiger partial charge in [-0.05, 0) is 41.0 Å². The fourth-order valence-electron chi connectivity index (χ4n) is 2.47. The van der Waals surface area contributed by atoms with Gasteiger partial charge in [-0.2, -0.15) is 5.10 Å².